The number of aliphatic hydroxyl groups is 1. The van der Waals surface area contributed by atoms with Gasteiger partial charge in [0.25, 0.3) is 11.1 Å². The number of nitrogens with zero attached hydrogens (tertiary/aromatic N) is 5. The van der Waals surface area contributed by atoms with Crippen LogP contribution in [0.5, 0.6) is 10.9 Å². The minimum absolute atomic E-state index is 0.161. The Kier molecular flexibility index (Phi) is 7.49. The van der Waals surface area contributed by atoms with Crippen molar-refractivity contribution in [1.82, 2.24) is 25.1 Å². The maximum absolute atomic E-state index is 13.2. The fourth-order valence-electron chi connectivity index (χ4n) is 3.24. The number of nitrogens with one attached hydrogen (secondary N) is 1. The summed E-state index contributed by atoms with van der Waals surface area (Å²) in [5.41, 5.74) is 3.46. The average Bonchev–Trinajstić information content (AvgIpc) is 3.29. The summed E-state index contributed by atoms with van der Waals surface area (Å²) >= 11 is 7.15. The van der Waals surface area contributed by atoms with E-state index in [1.807, 2.05) is 0 Å². The highest BCUT2D eigenvalue weighted by molar-refractivity contribution is 7.17. The van der Waals surface area contributed by atoms with E-state index in [4.69, 9.17) is 21.1 Å². The highest BCUT2D eigenvalue weighted by Crippen LogP contribution is 2.36. The first-order chi connectivity index (χ1) is 16.9. The summed E-state index contributed by atoms with van der Waals surface area (Å²) in [6.45, 7) is 3.62. The van der Waals surface area contributed by atoms with Gasteiger partial charge in [0.15, 0.2) is 0 Å². The Morgan fingerprint density at radius 3 is 2.71 bits per heavy atom. The molecule has 0 aliphatic carbocycles. The summed E-state index contributed by atoms with van der Waals surface area (Å²) in [7, 11) is 1.51. The molecule has 2 N–H and O–H groups in total. The van der Waals surface area contributed by atoms with Gasteiger partial charge in [0.1, 0.15) is 17.5 Å². The van der Waals surface area contributed by atoms with E-state index in [1.54, 1.807) is 50.5 Å². The second kappa shape index (κ2) is 10.7. The summed E-state index contributed by atoms with van der Waals surface area (Å²) in [6, 6.07) is 6.92. The molecule has 0 aromatic carbocycles. The van der Waals surface area contributed by atoms with E-state index < -0.39 is 12.0 Å². The Bertz CT molecular complexity index is 1350. The SMILES string of the molecule is COc1c(C)ncc(C(=O)Nc2nnc(OCc3ccc(C(C)O)cn3)s2)c1-c1ccnc(Cl)c1. The Balaban J connectivity index is 1.51. The van der Waals surface area contributed by atoms with Crippen LogP contribution in [-0.2, 0) is 6.61 Å². The fraction of sp³-hybridized carbons (Fsp3) is 0.217. The van der Waals surface area contributed by atoms with E-state index in [9.17, 15) is 9.90 Å². The van der Waals surface area contributed by atoms with Crippen molar-refractivity contribution in [2.24, 2.45) is 0 Å². The van der Waals surface area contributed by atoms with Crippen LogP contribution in [-0.4, -0.2) is 43.3 Å². The first-order valence-electron chi connectivity index (χ1n) is 10.4. The maximum atomic E-state index is 13.2. The number of hydrogen-bond acceptors (Lipinski definition) is 10. The van der Waals surface area contributed by atoms with Crippen molar-refractivity contribution >= 4 is 34.0 Å². The van der Waals surface area contributed by atoms with Gasteiger partial charge >= 0.3 is 0 Å². The Morgan fingerprint density at radius 2 is 2.03 bits per heavy atom. The topological polar surface area (TPSA) is 132 Å². The third-order valence-corrected chi connectivity index (χ3v) is 5.93. The van der Waals surface area contributed by atoms with E-state index in [0.29, 0.717) is 33.8 Å². The number of carbonyl (C=O) groups is 1. The highest BCUT2D eigenvalue weighted by Gasteiger charge is 2.22. The molecule has 4 aromatic heterocycles. The van der Waals surface area contributed by atoms with E-state index in [2.05, 4.69) is 30.5 Å². The maximum Gasteiger partial charge on any atom is 0.296 e. The number of rotatable bonds is 8. The van der Waals surface area contributed by atoms with Crippen molar-refractivity contribution in [3.05, 3.63) is 70.5 Å². The fourth-order valence-corrected chi connectivity index (χ4v) is 4.01. The van der Waals surface area contributed by atoms with Crippen molar-refractivity contribution in [2.45, 2.75) is 26.6 Å². The predicted molar refractivity (Wildman–Crippen MR) is 131 cm³/mol. The van der Waals surface area contributed by atoms with Crippen LogP contribution in [0.3, 0.4) is 0 Å². The Hall–Kier alpha value is -3.67. The van der Waals surface area contributed by atoms with E-state index in [1.165, 1.54) is 13.3 Å². The average molecular weight is 513 g/mol. The molecule has 35 heavy (non-hydrogen) atoms. The van der Waals surface area contributed by atoms with Gasteiger partial charge in [-0.2, -0.15) is 0 Å². The van der Waals surface area contributed by atoms with Crippen molar-refractivity contribution in [3.63, 3.8) is 0 Å². The van der Waals surface area contributed by atoms with Crippen molar-refractivity contribution in [2.75, 3.05) is 12.4 Å². The molecule has 1 amide bonds. The zero-order chi connectivity index (χ0) is 24.9. The molecule has 0 aliphatic rings. The largest absolute Gasteiger partial charge is 0.494 e. The number of carbonyl (C=O) groups excluding carboxylic acids is 1. The number of aryl methyl sites for hydroxylation is 1. The monoisotopic (exact) mass is 512 g/mol. The van der Waals surface area contributed by atoms with Crippen LogP contribution in [0.25, 0.3) is 11.1 Å². The molecule has 0 radical (unpaired) electrons. The second-order valence-corrected chi connectivity index (χ2v) is 8.73. The second-order valence-electron chi connectivity index (χ2n) is 7.41. The molecule has 0 fully saturated rings. The smallest absolute Gasteiger partial charge is 0.296 e. The molecule has 0 spiro atoms. The van der Waals surface area contributed by atoms with Crippen molar-refractivity contribution in [3.8, 4) is 22.1 Å². The number of ether oxygens (including phenoxy) is 2. The van der Waals surface area contributed by atoms with Gasteiger partial charge < -0.3 is 14.6 Å². The van der Waals surface area contributed by atoms with Crippen LogP contribution in [0.1, 0.15) is 40.3 Å². The standard InChI is InChI=1S/C23H21ClN6O4S/c1-12-20(33-3)19(14-6-7-25-18(24)8-14)17(10-26-12)21(32)28-22-29-30-23(35-22)34-11-16-5-4-15(9-27-16)13(2)31/h4-10,13,31H,11H2,1-3H3,(H,28,29,32). The minimum Gasteiger partial charge on any atom is -0.494 e. The van der Waals surface area contributed by atoms with E-state index in [0.717, 1.165) is 11.3 Å². The minimum atomic E-state index is -0.591. The summed E-state index contributed by atoms with van der Waals surface area (Å²) in [5.74, 6) is 0.00660. The molecule has 4 rings (SSSR count). The summed E-state index contributed by atoms with van der Waals surface area (Å²) < 4.78 is 11.2. The molecule has 10 nitrogen and oxygen atoms in total. The molecule has 0 saturated carbocycles. The molecule has 1 unspecified atom stereocenters. The Morgan fingerprint density at radius 1 is 1.20 bits per heavy atom. The highest BCUT2D eigenvalue weighted by atomic mass is 35.5. The molecular weight excluding hydrogens is 492 g/mol. The quantitative estimate of drug-likeness (QED) is 0.332. The molecular formula is C23H21ClN6O4S. The van der Waals surface area contributed by atoms with Crippen LogP contribution < -0.4 is 14.8 Å². The van der Waals surface area contributed by atoms with E-state index >= 15 is 0 Å². The first-order valence-corrected chi connectivity index (χ1v) is 11.6. The predicted octanol–water partition coefficient (Wildman–Crippen LogP) is 4.25. The van der Waals surface area contributed by atoms with Gasteiger partial charge in [-0.3, -0.25) is 20.1 Å². The molecule has 4 aromatic rings. The summed E-state index contributed by atoms with van der Waals surface area (Å²) in [5, 5.41) is 21.1. The van der Waals surface area contributed by atoms with Gasteiger partial charge in [0.2, 0.25) is 5.13 Å². The molecule has 12 heteroatoms. The lowest BCUT2D eigenvalue weighted by molar-refractivity contribution is 0.102. The number of aromatic nitrogens is 5. The number of hydrogen-bond donors (Lipinski definition) is 2. The zero-order valence-electron chi connectivity index (χ0n) is 19.0. The molecule has 180 valence electrons. The third kappa shape index (κ3) is 5.70. The number of aliphatic hydroxyl groups excluding tert-OH is 1. The van der Waals surface area contributed by atoms with Crippen LogP contribution >= 0.6 is 22.9 Å². The number of halogens is 1. The lowest BCUT2D eigenvalue weighted by Gasteiger charge is -2.15. The molecule has 0 saturated heterocycles. The van der Waals surface area contributed by atoms with E-state index in [-0.39, 0.29) is 27.6 Å². The zero-order valence-corrected chi connectivity index (χ0v) is 20.6. The van der Waals surface area contributed by atoms with Crippen LogP contribution in [0.15, 0.2) is 42.9 Å². The molecule has 1 atom stereocenters. The van der Waals surface area contributed by atoms with Crippen LogP contribution in [0.2, 0.25) is 5.15 Å². The van der Waals surface area contributed by atoms with Crippen molar-refractivity contribution in [1.29, 1.82) is 0 Å². The Labute approximate surface area is 210 Å². The van der Waals surface area contributed by atoms with Crippen LogP contribution in [0.4, 0.5) is 5.13 Å². The number of pyridine rings is 3. The normalized spacial score (nSPS) is 11.7. The third-order valence-electron chi connectivity index (χ3n) is 4.98. The van der Waals surface area contributed by atoms with Gasteiger partial charge in [-0.1, -0.05) is 22.8 Å². The molecule has 4 heterocycles. The van der Waals surface area contributed by atoms with Crippen molar-refractivity contribution < 1.29 is 19.4 Å². The van der Waals surface area contributed by atoms with Gasteiger partial charge in [-0.15, -0.1) is 5.10 Å². The van der Waals surface area contributed by atoms with Gasteiger partial charge in [-0.05, 0) is 54.5 Å². The van der Waals surface area contributed by atoms with Gasteiger partial charge in [-0.25, -0.2) is 4.98 Å². The number of anilines is 1. The molecule has 0 bridgehead atoms. The summed E-state index contributed by atoms with van der Waals surface area (Å²) in [6.07, 6.45) is 4.02. The summed E-state index contributed by atoms with van der Waals surface area (Å²) in [4.78, 5) is 25.7. The van der Waals surface area contributed by atoms with Gasteiger partial charge in [0.05, 0.1) is 30.2 Å². The van der Waals surface area contributed by atoms with Crippen LogP contribution in [0, 0.1) is 6.92 Å². The number of amides is 1. The number of methoxy groups -OCH3 is 1. The van der Waals surface area contributed by atoms with Gasteiger partial charge in [0, 0.05) is 24.2 Å². The molecule has 0 aliphatic heterocycles. The lowest BCUT2D eigenvalue weighted by Crippen LogP contribution is -2.14. The first kappa shape index (κ1) is 24.5. The lowest BCUT2D eigenvalue weighted by atomic mass is 9.99.